The smallest absolute Gasteiger partial charge is 0.260 e. The molecule has 0 radical (unpaired) electrons. The number of para-hydroxylation sites is 1. The monoisotopic (exact) mass is 432 g/mol. The third-order valence-corrected chi connectivity index (χ3v) is 3.80. The molecule has 3 aromatic rings. The van der Waals surface area contributed by atoms with E-state index in [0.29, 0.717) is 22.8 Å². The Labute approximate surface area is 179 Å². The molecular formula is C22H22F2N2O3S. The van der Waals surface area contributed by atoms with Crippen LogP contribution >= 0.6 is 12.2 Å². The standard InChI is InChI=1S/C19H16N2O3S.C3H6F2/c1-13-10-14(12-23-13)18(22)21-19(25)20-15-6-5-9-17(11-15)24-16-7-3-2-4-8-16;1-2-3(4)5/h2-12H,1H3,(H2,20,21,22,25);3H,2H2,1H3. The van der Waals surface area contributed by atoms with Crippen molar-refractivity contribution in [1.29, 1.82) is 0 Å². The highest BCUT2D eigenvalue weighted by molar-refractivity contribution is 7.80. The van der Waals surface area contributed by atoms with Crippen LogP contribution in [0, 0.1) is 6.92 Å². The zero-order valence-electron chi connectivity index (χ0n) is 16.5. The molecule has 8 heteroatoms. The van der Waals surface area contributed by atoms with Gasteiger partial charge in [-0.3, -0.25) is 10.1 Å². The fraction of sp³-hybridized carbons (Fsp3) is 0.182. The molecule has 1 heterocycles. The number of ether oxygens (including phenoxy) is 1. The van der Waals surface area contributed by atoms with Gasteiger partial charge in [-0.05, 0) is 49.5 Å². The number of amides is 1. The summed E-state index contributed by atoms with van der Waals surface area (Å²) in [5.74, 6) is 1.74. The molecule has 1 amide bonds. The van der Waals surface area contributed by atoms with Crippen LogP contribution in [0.15, 0.2) is 71.3 Å². The normalized spacial score (nSPS) is 10.0. The van der Waals surface area contributed by atoms with Crippen LogP contribution in [0.4, 0.5) is 14.5 Å². The topological polar surface area (TPSA) is 63.5 Å². The van der Waals surface area contributed by atoms with E-state index in [9.17, 15) is 13.6 Å². The van der Waals surface area contributed by atoms with E-state index in [4.69, 9.17) is 21.4 Å². The highest BCUT2D eigenvalue weighted by atomic mass is 32.1. The fourth-order valence-electron chi connectivity index (χ4n) is 2.16. The highest BCUT2D eigenvalue weighted by Gasteiger charge is 2.10. The van der Waals surface area contributed by atoms with E-state index in [1.165, 1.54) is 13.2 Å². The zero-order chi connectivity index (χ0) is 21.9. The Bertz CT molecular complexity index is 962. The van der Waals surface area contributed by atoms with Crippen LogP contribution in [0.3, 0.4) is 0 Å². The van der Waals surface area contributed by atoms with Gasteiger partial charge in [-0.1, -0.05) is 31.2 Å². The minimum absolute atomic E-state index is 0.0278. The number of anilines is 1. The molecule has 0 aliphatic heterocycles. The van der Waals surface area contributed by atoms with Gasteiger partial charge in [-0.25, -0.2) is 8.78 Å². The van der Waals surface area contributed by atoms with Gasteiger partial charge in [-0.15, -0.1) is 0 Å². The van der Waals surface area contributed by atoms with Crippen LogP contribution in [0.5, 0.6) is 11.5 Å². The number of benzene rings is 2. The van der Waals surface area contributed by atoms with Crippen molar-refractivity contribution in [1.82, 2.24) is 5.32 Å². The van der Waals surface area contributed by atoms with E-state index >= 15 is 0 Å². The first-order valence-corrected chi connectivity index (χ1v) is 9.56. The zero-order valence-corrected chi connectivity index (χ0v) is 17.3. The number of alkyl halides is 2. The Hall–Kier alpha value is -3.26. The van der Waals surface area contributed by atoms with Crippen molar-refractivity contribution in [3.05, 3.63) is 78.3 Å². The number of nitrogens with one attached hydrogen (secondary N) is 2. The Morgan fingerprint density at radius 3 is 2.37 bits per heavy atom. The molecule has 0 aliphatic carbocycles. The average Bonchev–Trinajstić information content (AvgIpc) is 3.16. The molecule has 0 fully saturated rings. The molecule has 0 saturated heterocycles. The van der Waals surface area contributed by atoms with Crippen molar-refractivity contribution >= 4 is 28.9 Å². The number of carbonyl (C=O) groups excluding carboxylic acids is 1. The van der Waals surface area contributed by atoms with Crippen LogP contribution < -0.4 is 15.4 Å². The number of carbonyl (C=O) groups is 1. The Morgan fingerprint density at radius 1 is 1.10 bits per heavy atom. The number of halogens is 2. The van der Waals surface area contributed by atoms with Gasteiger partial charge in [0.1, 0.15) is 23.5 Å². The third kappa shape index (κ3) is 8.00. The number of thiocarbonyl (C=S) groups is 1. The molecule has 3 rings (SSSR count). The maximum Gasteiger partial charge on any atom is 0.260 e. The summed E-state index contributed by atoms with van der Waals surface area (Å²) in [6.07, 6.45) is -0.753. The average molecular weight is 432 g/mol. The highest BCUT2D eigenvalue weighted by Crippen LogP contribution is 2.23. The molecule has 2 aromatic carbocycles. The second-order valence-corrected chi connectivity index (χ2v) is 6.50. The second kappa shape index (κ2) is 11.7. The summed E-state index contributed by atoms with van der Waals surface area (Å²) >= 11 is 5.18. The number of aryl methyl sites for hydroxylation is 1. The maximum absolute atomic E-state index is 12.0. The SMILES string of the molecule is CCC(F)F.Cc1cc(C(=O)NC(=S)Nc2cccc(Oc3ccccc3)c2)co1. The summed E-state index contributed by atoms with van der Waals surface area (Å²) in [5.41, 5.74) is 1.13. The van der Waals surface area contributed by atoms with Crippen molar-refractivity contribution in [2.75, 3.05) is 5.32 Å². The first kappa shape index (κ1) is 23.0. The van der Waals surface area contributed by atoms with E-state index in [1.54, 1.807) is 19.1 Å². The quantitative estimate of drug-likeness (QED) is 0.472. The van der Waals surface area contributed by atoms with Crippen LogP contribution in [-0.4, -0.2) is 17.4 Å². The van der Waals surface area contributed by atoms with Gasteiger partial charge in [0, 0.05) is 18.2 Å². The molecule has 0 atom stereocenters. The number of hydrogen-bond acceptors (Lipinski definition) is 4. The lowest BCUT2D eigenvalue weighted by Crippen LogP contribution is -2.33. The van der Waals surface area contributed by atoms with Crippen molar-refractivity contribution < 1.29 is 22.7 Å². The van der Waals surface area contributed by atoms with Crippen LogP contribution in [0.1, 0.15) is 29.5 Å². The molecule has 0 aliphatic rings. The predicted octanol–water partition coefficient (Wildman–Crippen LogP) is 6.17. The molecule has 0 spiro atoms. The van der Waals surface area contributed by atoms with E-state index in [1.807, 2.05) is 48.5 Å². The number of hydrogen-bond donors (Lipinski definition) is 2. The Balaban J connectivity index is 0.000000575. The lowest BCUT2D eigenvalue weighted by molar-refractivity contribution is 0.0977. The Kier molecular flexibility index (Phi) is 8.96. The van der Waals surface area contributed by atoms with Gasteiger partial charge in [-0.2, -0.15) is 0 Å². The summed E-state index contributed by atoms with van der Waals surface area (Å²) in [7, 11) is 0. The first-order valence-electron chi connectivity index (χ1n) is 9.16. The van der Waals surface area contributed by atoms with Gasteiger partial charge in [0.25, 0.3) is 5.91 Å². The molecule has 1 aromatic heterocycles. The van der Waals surface area contributed by atoms with Crippen LogP contribution in [0.2, 0.25) is 0 Å². The molecule has 30 heavy (non-hydrogen) atoms. The maximum atomic E-state index is 12.0. The summed E-state index contributed by atoms with van der Waals surface area (Å²) < 4.78 is 32.4. The molecule has 0 unspecified atom stereocenters. The molecule has 2 N–H and O–H groups in total. The lowest BCUT2D eigenvalue weighted by atomic mass is 10.3. The number of furan rings is 1. The summed E-state index contributed by atoms with van der Waals surface area (Å²) in [6, 6.07) is 18.4. The predicted molar refractivity (Wildman–Crippen MR) is 116 cm³/mol. The second-order valence-electron chi connectivity index (χ2n) is 6.10. The molecule has 0 saturated carbocycles. The van der Waals surface area contributed by atoms with E-state index in [0.717, 1.165) is 5.75 Å². The van der Waals surface area contributed by atoms with Crippen LogP contribution in [-0.2, 0) is 0 Å². The van der Waals surface area contributed by atoms with Gasteiger partial charge < -0.3 is 14.5 Å². The first-order chi connectivity index (χ1) is 14.4. The van der Waals surface area contributed by atoms with Gasteiger partial charge >= 0.3 is 0 Å². The molecule has 158 valence electrons. The minimum Gasteiger partial charge on any atom is -0.469 e. The fourth-order valence-corrected chi connectivity index (χ4v) is 2.37. The van der Waals surface area contributed by atoms with Crippen molar-refractivity contribution in [3.63, 3.8) is 0 Å². The van der Waals surface area contributed by atoms with Gasteiger partial charge in [0.05, 0.1) is 5.56 Å². The van der Waals surface area contributed by atoms with E-state index < -0.39 is 6.43 Å². The largest absolute Gasteiger partial charge is 0.469 e. The van der Waals surface area contributed by atoms with Gasteiger partial charge in [0.2, 0.25) is 6.43 Å². The van der Waals surface area contributed by atoms with E-state index in [2.05, 4.69) is 10.6 Å². The van der Waals surface area contributed by atoms with Crippen LogP contribution in [0.25, 0.3) is 0 Å². The van der Waals surface area contributed by atoms with Crippen molar-refractivity contribution in [2.45, 2.75) is 26.7 Å². The summed E-state index contributed by atoms with van der Waals surface area (Å²) in [5, 5.41) is 5.77. The lowest BCUT2D eigenvalue weighted by Gasteiger charge is -2.11. The summed E-state index contributed by atoms with van der Waals surface area (Å²) in [4.78, 5) is 12.0. The number of rotatable bonds is 5. The molecule has 5 nitrogen and oxygen atoms in total. The molecule has 0 bridgehead atoms. The molecular weight excluding hydrogens is 410 g/mol. The van der Waals surface area contributed by atoms with Gasteiger partial charge in [0.15, 0.2) is 5.11 Å². The minimum atomic E-state index is -2.12. The van der Waals surface area contributed by atoms with Crippen molar-refractivity contribution in [2.24, 2.45) is 0 Å². The van der Waals surface area contributed by atoms with E-state index in [-0.39, 0.29) is 17.4 Å². The Morgan fingerprint density at radius 2 is 1.77 bits per heavy atom. The summed E-state index contributed by atoms with van der Waals surface area (Å²) in [6.45, 7) is 3.22. The van der Waals surface area contributed by atoms with Crippen molar-refractivity contribution in [3.8, 4) is 11.5 Å². The third-order valence-electron chi connectivity index (χ3n) is 3.60.